The van der Waals surface area contributed by atoms with Crippen LogP contribution in [0, 0.1) is 11.3 Å². The van der Waals surface area contributed by atoms with Gasteiger partial charge >= 0.3 is 6.18 Å². The Morgan fingerprint density at radius 2 is 2.04 bits per heavy atom. The number of hydrogen-bond donors (Lipinski definition) is 3. The third-order valence-corrected chi connectivity index (χ3v) is 3.70. The fourth-order valence-electron chi connectivity index (χ4n) is 2.21. The van der Waals surface area contributed by atoms with E-state index >= 15 is 0 Å². The first-order chi connectivity index (χ1) is 11.4. The Kier molecular flexibility index (Phi) is 4.08. The summed E-state index contributed by atoms with van der Waals surface area (Å²) in [5, 5.41) is 11.4. The van der Waals surface area contributed by atoms with Gasteiger partial charge < -0.3 is 11.1 Å². The molecule has 0 atom stereocenters. The lowest BCUT2D eigenvalue weighted by Crippen LogP contribution is -2.16. The van der Waals surface area contributed by atoms with E-state index in [1.54, 1.807) is 0 Å². The van der Waals surface area contributed by atoms with Crippen molar-refractivity contribution in [1.82, 2.24) is 15.0 Å². The molecule has 9 heteroatoms. The quantitative estimate of drug-likeness (QED) is 0.729. The van der Waals surface area contributed by atoms with Crippen LogP contribution in [0.15, 0.2) is 24.7 Å². The van der Waals surface area contributed by atoms with Crippen LogP contribution in [0.4, 0.5) is 24.7 Å². The van der Waals surface area contributed by atoms with Crippen LogP contribution in [0.1, 0.15) is 29.8 Å². The number of halogens is 3. The zero-order valence-corrected chi connectivity index (χ0v) is 12.6. The topological polar surface area (TPSA) is 101 Å². The maximum atomic E-state index is 12.8. The second-order valence-electron chi connectivity index (χ2n) is 5.61. The van der Waals surface area contributed by atoms with Crippen LogP contribution in [0.2, 0.25) is 0 Å². The molecular formula is C15H15F3N6. The van der Waals surface area contributed by atoms with Crippen LogP contribution in [0.5, 0.6) is 0 Å². The van der Waals surface area contributed by atoms with Gasteiger partial charge in [0.1, 0.15) is 17.8 Å². The van der Waals surface area contributed by atoms with Crippen molar-refractivity contribution in [2.75, 3.05) is 17.6 Å². The predicted octanol–water partition coefficient (Wildman–Crippen LogP) is 2.71. The highest BCUT2D eigenvalue weighted by Crippen LogP contribution is 2.31. The molecule has 6 nitrogen and oxygen atoms in total. The molecule has 0 saturated heterocycles. The lowest BCUT2D eigenvalue weighted by molar-refractivity contribution is -0.141. The Morgan fingerprint density at radius 1 is 1.29 bits per heavy atom. The fraction of sp³-hybridized carbons (Fsp3) is 0.333. The smallest absolute Gasteiger partial charge is 0.398 e. The summed E-state index contributed by atoms with van der Waals surface area (Å²) in [6.07, 6.45) is -0.0730. The van der Waals surface area contributed by atoms with Gasteiger partial charge in [0.25, 0.3) is 0 Å². The highest BCUT2D eigenvalue weighted by Gasteiger charge is 2.33. The zero-order valence-electron chi connectivity index (χ0n) is 12.6. The van der Waals surface area contributed by atoms with Crippen molar-refractivity contribution in [2.24, 2.45) is 5.92 Å². The second-order valence-corrected chi connectivity index (χ2v) is 5.61. The second kappa shape index (κ2) is 6.06. The van der Waals surface area contributed by atoms with Crippen LogP contribution < -0.4 is 11.1 Å². The summed E-state index contributed by atoms with van der Waals surface area (Å²) in [5.74, 6) is 0.935. The van der Waals surface area contributed by atoms with Crippen LogP contribution in [0.3, 0.4) is 0 Å². The summed E-state index contributed by atoms with van der Waals surface area (Å²) in [6.45, 7) is 0.689. The zero-order chi connectivity index (χ0) is 17.3. The van der Waals surface area contributed by atoms with Gasteiger partial charge in [0, 0.05) is 18.4 Å². The Hall–Kier alpha value is -2.71. The molecule has 3 rings (SSSR count). The van der Waals surface area contributed by atoms with Gasteiger partial charge in [0.15, 0.2) is 0 Å². The number of nitrogens with zero attached hydrogens (tertiary/aromatic N) is 3. The largest absolute Gasteiger partial charge is 0.433 e. The number of nitrogens with two attached hydrogens (primary N) is 1. The molecule has 24 heavy (non-hydrogen) atoms. The summed E-state index contributed by atoms with van der Waals surface area (Å²) < 4.78 is 38.4. The SMILES string of the molecule is N=C(c1cc(C(F)(F)F)ncn1)c1c(N)ccnc1NCC1CC1. The minimum Gasteiger partial charge on any atom is -0.398 e. The van der Waals surface area contributed by atoms with E-state index in [1.165, 1.54) is 12.3 Å². The third-order valence-electron chi connectivity index (χ3n) is 3.70. The Balaban J connectivity index is 1.94. The normalized spacial score (nSPS) is 14.5. The van der Waals surface area contributed by atoms with Crippen molar-refractivity contribution in [3.05, 3.63) is 41.6 Å². The Bertz CT molecular complexity index is 770. The minimum absolute atomic E-state index is 0.161. The molecule has 0 aromatic carbocycles. The molecule has 0 spiro atoms. The van der Waals surface area contributed by atoms with Crippen molar-refractivity contribution < 1.29 is 13.2 Å². The van der Waals surface area contributed by atoms with Gasteiger partial charge in [-0.15, -0.1) is 0 Å². The van der Waals surface area contributed by atoms with Gasteiger partial charge in [0.05, 0.1) is 17.0 Å². The van der Waals surface area contributed by atoms with E-state index in [0.29, 0.717) is 18.3 Å². The Labute approximate surface area is 135 Å². The van der Waals surface area contributed by atoms with Crippen LogP contribution in [0.25, 0.3) is 0 Å². The molecule has 0 radical (unpaired) electrons. The van der Waals surface area contributed by atoms with E-state index in [0.717, 1.165) is 25.2 Å². The summed E-state index contributed by atoms with van der Waals surface area (Å²) in [4.78, 5) is 11.1. The van der Waals surface area contributed by atoms with Crippen molar-refractivity contribution in [3.8, 4) is 0 Å². The van der Waals surface area contributed by atoms with Gasteiger partial charge in [-0.1, -0.05) is 0 Å². The molecule has 1 aliphatic carbocycles. The maximum Gasteiger partial charge on any atom is 0.433 e. The average Bonchev–Trinajstić information content (AvgIpc) is 3.36. The van der Waals surface area contributed by atoms with E-state index < -0.39 is 11.9 Å². The third kappa shape index (κ3) is 3.44. The molecule has 126 valence electrons. The maximum absolute atomic E-state index is 12.8. The molecule has 0 amide bonds. The first-order valence-electron chi connectivity index (χ1n) is 7.33. The molecule has 4 N–H and O–H groups in total. The van der Waals surface area contributed by atoms with E-state index in [9.17, 15) is 13.2 Å². The number of aromatic nitrogens is 3. The van der Waals surface area contributed by atoms with Crippen LogP contribution >= 0.6 is 0 Å². The number of alkyl halides is 3. The van der Waals surface area contributed by atoms with Gasteiger partial charge in [-0.3, -0.25) is 5.41 Å². The number of hydrogen-bond acceptors (Lipinski definition) is 6. The molecule has 1 fully saturated rings. The molecule has 1 saturated carbocycles. The van der Waals surface area contributed by atoms with Crippen LogP contribution in [-0.2, 0) is 6.18 Å². The number of pyridine rings is 1. The minimum atomic E-state index is -4.61. The standard InChI is InChI=1S/C15H15F3N6/c16-15(17,18)11-5-10(23-7-24-11)13(20)12-9(19)3-4-21-14(12)22-6-8-1-2-8/h3-5,7-8,20H,1-2,6H2,(H3,19,21,22). The Morgan fingerprint density at radius 3 is 2.71 bits per heavy atom. The van der Waals surface area contributed by atoms with Gasteiger partial charge in [-0.05, 0) is 30.9 Å². The highest BCUT2D eigenvalue weighted by atomic mass is 19.4. The lowest BCUT2D eigenvalue weighted by Gasteiger charge is -2.14. The number of anilines is 2. The number of nitrogens with one attached hydrogen (secondary N) is 2. The first-order valence-corrected chi connectivity index (χ1v) is 7.33. The summed E-state index contributed by atoms with van der Waals surface area (Å²) >= 11 is 0. The van der Waals surface area contributed by atoms with Crippen molar-refractivity contribution in [2.45, 2.75) is 19.0 Å². The van der Waals surface area contributed by atoms with Gasteiger partial charge in [0.2, 0.25) is 0 Å². The van der Waals surface area contributed by atoms with E-state index in [-0.39, 0.29) is 22.7 Å². The average molecular weight is 336 g/mol. The van der Waals surface area contributed by atoms with Crippen molar-refractivity contribution >= 4 is 17.2 Å². The molecule has 2 aromatic rings. The van der Waals surface area contributed by atoms with Crippen molar-refractivity contribution in [3.63, 3.8) is 0 Å². The van der Waals surface area contributed by atoms with Crippen LogP contribution in [-0.4, -0.2) is 27.2 Å². The highest BCUT2D eigenvalue weighted by molar-refractivity contribution is 6.15. The molecule has 0 bridgehead atoms. The summed E-state index contributed by atoms with van der Waals surface area (Å²) in [5.41, 5.74) is 4.92. The first kappa shape index (κ1) is 16.2. The molecule has 0 aliphatic heterocycles. The van der Waals surface area contributed by atoms with Gasteiger partial charge in [-0.2, -0.15) is 13.2 Å². The molecule has 1 aliphatic rings. The number of nitrogen functional groups attached to an aromatic ring is 1. The monoisotopic (exact) mass is 336 g/mol. The van der Waals surface area contributed by atoms with E-state index in [4.69, 9.17) is 11.1 Å². The molecule has 2 aromatic heterocycles. The van der Waals surface area contributed by atoms with Gasteiger partial charge in [-0.25, -0.2) is 15.0 Å². The number of rotatable bonds is 5. The molecular weight excluding hydrogens is 321 g/mol. The summed E-state index contributed by atoms with van der Waals surface area (Å²) in [7, 11) is 0. The van der Waals surface area contributed by atoms with E-state index in [1.807, 2.05) is 0 Å². The lowest BCUT2D eigenvalue weighted by atomic mass is 10.1. The summed E-state index contributed by atoms with van der Waals surface area (Å²) in [6, 6.07) is 2.23. The molecule has 2 heterocycles. The van der Waals surface area contributed by atoms with Crippen molar-refractivity contribution in [1.29, 1.82) is 5.41 Å². The fourth-order valence-corrected chi connectivity index (χ4v) is 2.21. The molecule has 0 unspecified atom stereocenters. The van der Waals surface area contributed by atoms with E-state index in [2.05, 4.69) is 20.3 Å². The predicted molar refractivity (Wildman–Crippen MR) is 82.8 cm³/mol.